The van der Waals surface area contributed by atoms with E-state index in [1.54, 1.807) is 60.7 Å². The fourth-order valence-electron chi connectivity index (χ4n) is 4.09. The number of anilines is 1. The summed E-state index contributed by atoms with van der Waals surface area (Å²) in [6.07, 6.45) is 2.99. The molecule has 17 heteroatoms. The van der Waals surface area contributed by atoms with Gasteiger partial charge in [0.25, 0.3) is 11.1 Å². The van der Waals surface area contributed by atoms with Crippen molar-refractivity contribution in [2.75, 3.05) is 5.32 Å². The van der Waals surface area contributed by atoms with Crippen LogP contribution in [0.3, 0.4) is 0 Å². The topological polar surface area (TPSA) is 108 Å². The first kappa shape index (κ1) is 40.6. The van der Waals surface area contributed by atoms with Crippen LogP contribution in [0.1, 0.15) is 11.1 Å². The second-order valence-electron chi connectivity index (χ2n) is 10.1. The number of nitrogens with two attached hydrogens (primary N) is 1. The SMILES string of the molecule is NCc1ccc(F)cc1.O=c1c(Br)c(Br)cnn1-c1c(Cl)cccc1Cl.O=c1c(Br)c(NCc2ccc(F)cc2)cnn1-c1c(Cl)cccc1Cl. The molecule has 2 aromatic heterocycles. The third-order valence-corrected chi connectivity index (χ3v) is 10.5. The van der Waals surface area contributed by atoms with Gasteiger partial charge in [-0.15, -0.1) is 0 Å². The van der Waals surface area contributed by atoms with Crippen LogP contribution in [0.25, 0.3) is 11.4 Å². The maximum Gasteiger partial charge on any atom is 0.288 e. The van der Waals surface area contributed by atoms with E-state index in [0.717, 1.165) is 20.5 Å². The van der Waals surface area contributed by atoms with Crippen molar-refractivity contribution in [2.45, 2.75) is 13.1 Å². The van der Waals surface area contributed by atoms with E-state index in [9.17, 15) is 18.4 Å². The van der Waals surface area contributed by atoms with Crippen molar-refractivity contribution in [2.24, 2.45) is 5.73 Å². The second kappa shape index (κ2) is 19.1. The molecule has 6 aromatic rings. The Morgan fingerprint density at radius 2 is 1.04 bits per heavy atom. The van der Waals surface area contributed by atoms with Gasteiger partial charge in [-0.3, -0.25) is 9.59 Å². The van der Waals surface area contributed by atoms with E-state index in [4.69, 9.17) is 52.1 Å². The van der Waals surface area contributed by atoms with Crippen molar-refractivity contribution in [3.05, 3.63) is 174 Å². The summed E-state index contributed by atoms with van der Waals surface area (Å²) in [6, 6.07) is 22.2. The van der Waals surface area contributed by atoms with Gasteiger partial charge in [-0.25, -0.2) is 8.78 Å². The predicted molar refractivity (Wildman–Crippen MR) is 211 cm³/mol. The molecule has 8 nitrogen and oxygen atoms in total. The van der Waals surface area contributed by atoms with E-state index >= 15 is 0 Å². The molecule has 0 aliphatic heterocycles. The summed E-state index contributed by atoms with van der Waals surface area (Å²) >= 11 is 34.0. The Balaban J connectivity index is 0.000000192. The minimum atomic E-state index is -0.404. The molecule has 0 spiro atoms. The molecule has 0 aliphatic carbocycles. The Kier molecular flexibility index (Phi) is 15.2. The normalized spacial score (nSPS) is 10.5. The van der Waals surface area contributed by atoms with Crippen LogP contribution in [0.5, 0.6) is 0 Å². The van der Waals surface area contributed by atoms with E-state index in [1.165, 1.54) is 36.7 Å². The highest BCUT2D eigenvalue weighted by Gasteiger charge is 2.16. The molecule has 4 aromatic carbocycles. The van der Waals surface area contributed by atoms with Crippen LogP contribution in [0, 0.1) is 11.6 Å². The Labute approximate surface area is 335 Å². The zero-order valence-electron chi connectivity index (χ0n) is 25.7. The van der Waals surface area contributed by atoms with Gasteiger partial charge in [0.1, 0.15) is 32.0 Å². The van der Waals surface area contributed by atoms with Gasteiger partial charge in [0.2, 0.25) is 0 Å². The Bertz CT molecular complexity index is 2220. The van der Waals surface area contributed by atoms with Gasteiger partial charge in [-0.1, -0.05) is 82.8 Å². The van der Waals surface area contributed by atoms with Crippen molar-refractivity contribution in [3.63, 3.8) is 0 Å². The lowest BCUT2D eigenvalue weighted by Crippen LogP contribution is -2.23. The number of aromatic nitrogens is 4. The lowest BCUT2D eigenvalue weighted by atomic mass is 10.2. The van der Waals surface area contributed by atoms with E-state index in [0.29, 0.717) is 63.7 Å². The molecule has 264 valence electrons. The van der Waals surface area contributed by atoms with Gasteiger partial charge in [0.15, 0.2) is 0 Å². The van der Waals surface area contributed by atoms with Crippen LogP contribution >= 0.6 is 94.2 Å². The number of nitrogens with one attached hydrogen (secondary N) is 1. The Morgan fingerprint density at radius 1 is 0.627 bits per heavy atom. The molecular formula is C34H23Br3Cl4F2N6O2. The zero-order chi connectivity index (χ0) is 37.2. The van der Waals surface area contributed by atoms with E-state index in [1.807, 2.05) is 0 Å². The summed E-state index contributed by atoms with van der Waals surface area (Å²) in [5, 5.41) is 12.6. The largest absolute Gasteiger partial charge is 0.379 e. The van der Waals surface area contributed by atoms with Gasteiger partial charge in [-0.2, -0.15) is 19.6 Å². The number of hydrogen-bond acceptors (Lipinski definition) is 6. The number of para-hydroxylation sites is 2. The highest BCUT2D eigenvalue weighted by Crippen LogP contribution is 2.29. The first-order valence-corrected chi connectivity index (χ1v) is 18.2. The minimum Gasteiger partial charge on any atom is -0.379 e. The van der Waals surface area contributed by atoms with Crippen LogP contribution in [0.4, 0.5) is 14.5 Å². The summed E-state index contributed by atoms with van der Waals surface area (Å²) in [5.41, 5.74) is 7.56. The molecule has 2 heterocycles. The van der Waals surface area contributed by atoms with E-state index < -0.39 is 5.56 Å². The fraction of sp³-hybridized carbons (Fsp3) is 0.0588. The predicted octanol–water partition coefficient (Wildman–Crippen LogP) is 10.4. The quantitative estimate of drug-likeness (QED) is 0.172. The van der Waals surface area contributed by atoms with Crippen LogP contribution < -0.4 is 22.2 Å². The molecule has 3 N–H and O–H groups in total. The molecule has 0 unspecified atom stereocenters. The average Bonchev–Trinajstić information content (AvgIpc) is 3.11. The summed E-state index contributed by atoms with van der Waals surface area (Å²) in [6.45, 7) is 0.886. The third-order valence-electron chi connectivity index (χ3n) is 6.64. The Morgan fingerprint density at radius 3 is 1.49 bits per heavy atom. The van der Waals surface area contributed by atoms with E-state index in [2.05, 4.69) is 63.3 Å². The lowest BCUT2D eigenvalue weighted by molar-refractivity contribution is 0.626. The second-order valence-corrected chi connectivity index (χ2v) is 14.1. The summed E-state index contributed by atoms with van der Waals surface area (Å²) in [5.74, 6) is -0.516. The molecule has 0 bridgehead atoms. The molecule has 0 amide bonds. The van der Waals surface area contributed by atoms with Crippen molar-refractivity contribution in [1.29, 1.82) is 0 Å². The molecular weight excluding hydrogens is 944 g/mol. The van der Waals surface area contributed by atoms with Crippen LogP contribution in [0.15, 0.2) is 120 Å². The summed E-state index contributed by atoms with van der Waals surface area (Å²) < 4.78 is 28.6. The van der Waals surface area contributed by atoms with Crippen LogP contribution in [0.2, 0.25) is 20.1 Å². The minimum absolute atomic E-state index is 0.216. The van der Waals surface area contributed by atoms with Crippen molar-refractivity contribution in [3.8, 4) is 11.4 Å². The highest BCUT2D eigenvalue weighted by molar-refractivity contribution is 9.13. The van der Waals surface area contributed by atoms with Gasteiger partial charge >= 0.3 is 0 Å². The molecule has 0 saturated heterocycles. The van der Waals surface area contributed by atoms with Gasteiger partial charge in [-0.05, 0) is 107 Å². The van der Waals surface area contributed by atoms with E-state index in [-0.39, 0.29) is 17.2 Å². The highest BCUT2D eigenvalue weighted by atomic mass is 79.9. The molecule has 0 radical (unpaired) electrons. The average molecular weight is 967 g/mol. The van der Waals surface area contributed by atoms with Crippen LogP contribution in [-0.2, 0) is 13.1 Å². The van der Waals surface area contributed by atoms with Gasteiger partial charge in [0.05, 0.1) is 42.6 Å². The molecule has 0 fully saturated rings. The third kappa shape index (κ3) is 10.7. The number of nitrogens with zero attached hydrogens (tertiary/aromatic N) is 4. The number of rotatable bonds is 6. The Hall–Kier alpha value is -3.14. The van der Waals surface area contributed by atoms with Crippen LogP contribution in [-0.4, -0.2) is 19.6 Å². The van der Waals surface area contributed by atoms with Gasteiger partial charge < -0.3 is 11.1 Å². The zero-order valence-corrected chi connectivity index (χ0v) is 33.5. The number of benzene rings is 4. The molecule has 6 rings (SSSR count). The van der Waals surface area contributed by atoms with Crippen molar-refractivity contribution in [1.82, 2.24) is 19.6 Å². The first-order chi connectivity index (χ1) is 24.3. The maximum atomic E-state index is 12.9. The first-order valence-electron chi connectivity index (χ1n) is 14.3. The summed E-state index contributed by atoms with van der Waals surface area (Å²) in [4.78, 5) is 24.6. The van der Waals surface area contributed by atoms with Gasteiger partial charge in [0, 0.05) is 13.1 Å². The number of halogens is 9. The molecule has 0 aliphatic rings. The smallest absolute Gasteiger partial charge is 0.288 e. The summed E-state index contributed by atoms with van der Waals surface area (Å²) in [7, 11) is 0. The van der Waals surface area contributed by atoms with Crippen molar-refractivity contribution >= 4 is 99.9 Å². The fourth-order valence-corrected chi connectivity index (χ4v) is 6.15. The van der Waals surface area contributed by atoms with Crippen molar-refractivity contribution < 1.29 is 8.78 Å². The standard InChI is InChI=1S/C17H11BrCl2FN3O.C10H4Br2Cl2N2O.C7H8FN/c18-15-14(22-8-10-4-6-11(21)7-5-10)9-23-24(17(15)25)16-12(19)2-1-3-13(16)20;11-5-4-15-16(10(17)8(5)12)9-6(13)2-1-3-7(9)14;8-7-3-1-6(5-9)2-4-7/h1-7,9,22H,8H2;1-4H;1-4H,5,9H2. The monoisotopic (exact) mass is 962 g/mol. The maximum absolute atomic E-state index is 12.9. The number of hydrogen-bond donors (Lipinski definition) is 2. The lowest BCUT2D eigenvalue weighted by Gasteiger charge is -2.12. The molecule has 51 heavy (non-hydrogen) atoms. The molecule has 0 atom stereocenters. The molecule has 0 saturated carbocycles.